The fourth-order valence-corrected chi connectivity index (χ4v) is 3.01. The zero-order chi connectivity index (χ0) is 22.1. The molecule has 3 amide bonds. The van der Waals surface area contributed by atoms with Crippen molar-refractivity contribution in [3.8, 4) is 5.75 Å². The number of ether oxygens (including phenoxy) is 1. The van der Waals surface area contributed by atoms with Crippen molar-refractivity contribution in [3.05, 3.63) is 101 Å². The summed E-state index contributed by atoms with van der Waals surface area (Å²) in [5.41, 5.74) is 4.73. The van der Waals surface area contributed by atoms with Crippen LogP contribution in [0, 0.1) is 6.92 Å². The van der Waals surface area contributed by atoms with Crippen LogP contribution in [0.5, 0.6) is 5.75 Å². The Bertz CT molecular complexity index is 1010. The van der Waals surface area contributed by atoms with Gasteiger partial charge < -0.3 is 20.7 Å². The molecule has 6 nitrogen and oxygen atoms in total. The summed E-state index contributed by atoms with van der Waals surface area (Å²) in [6, 6.07) is 22.5. The molecule has 0 unspecified atom stereocenters. The second-order valence-electron chi connectivity index (χ2n) is 7.25. The Labute approximate surface area is 182 Å². The van der Waals surface area contributed by atoms with E-state index in [9.17, 15) is 9.59 Å². The summed E-state index contributed by atoms with van der Waals surface area (Å²) < 4.78 is 5.11. The van der Waals surface area contributed by atoms with Crippen LogP contribution in [0.2, 0.25) is 0 Å². The first kappa shape index (κ1) is 21.9. The highest BCUT2D eigenvalue weighted by Crippen LogP contribution is 2.12. The van der Waals surface area contributed by atoms with E-state index in [0.29, 0.717) is 30.9 Å². The molecule has 0 fully saturated rings. The van der Waals surface area contributed by atoms with Crippen LogP contribution in [-0.2, 0) is 19.6 Å². The van der Waals surface area contributed by atoms with Crippen LogP contribution in [0.25, 0.3) is 0 Å². The van der Waals surface area contributed by atoms with Crippen LogP contribution >= 0.6 is 0 Å². The van der Waals surface area contributed by atoms with Crippen LogP contribution in [0.1, 0.15) is 32.6 Å². The third-order valence-corrected chi connectivity index (χ3v) is 4.82. The van der Waals surface area contributed by atoms with E-state index in [1.54, 1.807) is 31.4 Å². The summed E-state index contributed by atoms with van der Waals surface area (Å²) in [6.45, 7) is 3.31. The lowest BCUT2D eigenvalue weighted by Gasteiger charge is -2.10. The van der Waals surface area contributed by atoms with Gasteiger partial charge in [-0.3, -0.25) is 4.79 Å². The first-order valence-corrected chi connectivity index (χ1v) is 10.1. The Morgan fingerprint density at radius 2 is 1.32 bits per heavy atom. The van der Waals surface area contributed by atoms with Crippen molar-refractivity contribution in [2.75, 3.05) is 7.11 Å². The number of amides is 3. The first-order valence-electron chi connectivity index (χ1n) is 10.1. The lowest BCUT2D eigenvalue weighted by Crippen LogP contribution is -2.34. The number of methoxy groups -OCH3 is 1. The highest BCUT2D eigenvalue weighted by atomic mass is 16.5. The van der Waals surface area contributed by atoms with Gasteiger partial charge in [-0.2, -0.15) is 0 Å². The standard InChI is InChI=1S/C25H27N3O3/c1-18-6-8-19(9-7-18)15-27-25(30)28-17-21-5-3-4-20(14-21)16-26-24(29)22-10-12-23(31-2)13-11-22/h3-14H,15-17H2,1-2H3,(H,26,29)(H2,27,28,30). The molecule has 3 rings (SSSR count). The lowest BCUT2D eigenvalue weighted by molar-refractivity contribution is 0.0951. The third kappa shape index (κ3) is 6.89. The lowest BCUT2D eigenvalue weighted by atomic mass is 10.1. The maximum Gasteiger partial charge on any atom is 0.315 e. The number of nitrogens with one attached hydrogen (secondary N) is 3. The molecule has 0 atom stereocenters. The Morgan fingerprint density at radius 1 is 0.742 bits per heavy atom. The van der Waals surface area contributed by atoms with E-state index < -0.39 is 0 Å². The minimum Gasteiger partial charge on any atom is -0.497 e. The van der Waals surface area contributed by atoms with Crippen LogP contribution in [0.15, 0.2) is 72.8 Å². The van der Waals surface area contributed by atoms with Crippen LogP contribution < -0.4 is 20.7 Å². The molecular weight excluding hydrogens is 390 g/mol. The summed E-state index contributed by atoms with van der Waals surface area (Å²) in [5, 5.41) is 8.62. The number of hydrogen-bond donors (Lipinski definition) is 3. The third-order valence-electron chi connectivity index (χ3n) is 4.82. The molecule has 3 aromatic rings. The van der Waals surface area contributed by atoms with E-state index >= 15 is 0 Å². The molecule has 0 aromatic heterocycles. The summed E-state index contributed by atoms with van der Waals surface area (Å²) in [7, 11) is 1.59. The molecule has 3 N–H and O–H groups in total. The quantitative estimate of drug-likeness (QED) is 0.520. The molecule has 0 saturated heterocycles. The van der Waals surface area contributed by atoms with Crippen molar-refractivity contribution >= 4 is 11.9 Å². The molecule has 0 saturated carbocycles. The summed E-state index contributed by atoms with van der Waals surface area (Å²) in [5.74, 6) is 0.557. The molecule has 6 heteroatoms. The first-order chi connectivity index (χ1) is 15.0. The normalized spacial score (nSPS) is 10.3. The maximum absolute atomic E-state index is 12.3. The molecule has 3 aromatic carbocycles. The maximum atomic E-state index is 12.3. The number of hydrogen-bond acceptors (Lipinski definition) is 3. The molecule has 31 heavy (non-hydrogen) atoms. The Hall–Kier alpha value is -3.80. The van der Waals surface area contributed by atoms with Crippen LogP contribution in [-0.4, -0.2) is 19.0 Å². The molecular formula is C25H27N3O3. The van der Waals surface area contributed by atoms with Crippen molar-refractivity contribution in [2.24, 2.45) is 0 Å². The summed E-state index contributed by atoms with van der Waals surface area (Å²) in [4.78, 5) is 24.4. The second kappa shape index (κ2) is 10.8. The molecule has 0 heterocycles. The van der Waals surface area contributed by atoms with E-state index in [0.717, 1.165) is 16.7 Å². The van der Waals surface area contributed by atoms with Gasteiger partial charge in [0.25, 0.3) is 5.91 Å². The highest BCUT2D eigenvalue weighted by molar-refractivity contribution is 5.94. The minimum absolute atomic E-state index is 0.151. The molecule has 0 aliphatic carbocycles. The molecule has 0 aliphatic rings. The van der Waals surface area contributed by atoms with E-state index in [2.05, 4.69) is 16.0 Å². The van der Waals surface area contributed by atoms with Crippen molar-refractivity contribution < 1.29 is 14.3 Å². The summed E-state index contributed by atoms with van der Waals surface area (Å²) in [6.07, 6.45) is 0. The fraction of sp³-hybridized carbons (Fsp3) is 0.200. The van der Waals surface area contributed by atoms with Gasteiger partial charge in [0.15, 0.2) is 0 Å². The number of carbonyl (C=O) groups excluding carboxylic acids is 2. The van der Waals surface area contributed by atoms with Gasteiger partial charge in [-0.25, -0.2) is 4.79 Å². The monoisotopic (exact) mass is 417 g/mol. The number of urea groups is 1. The average molecular weight is 418 g/mol. The predicted octanol–water partition coefficient (Wildman–Crippen LogP) is 3.93. The number of rotatable bonds is 8. The van der Waals surface area contributed by atoms with Gasteiger partial charge in [0.05, 0.1) is 7.11 Å². The van der Waals surface area contributed by atoms with Gasteiger partial charge in [0, 0.05) is 25.2 Å². The minimum atomic E-state index is -0.223. The SMILES string of the molecule is COc1ccc(C(=O)NCc2cccc(CNC(=O)NCc3ccc(C)cc3)c2)cc1. The van der Waals surface area contributed by atoms with Gasteiger partial charge in [-0.05, 0) is 47.9 Å². The van der Waals surface area contributed by atoms with E-state index in [-0.39, 0.29) is 11.9 Å². The fourth-order valence-electron chi connectivity index (χ4n) is 3.01. The smallest absolute Gasteiger partial charge is 0.315 e. The molecule has 0 aliphatic heterocycles. The number of aryl methyl sites for hydroxylation is 1. The Balaban J connectivity index is 1.45. The van der Waals surface area contributed by atoms with E-state index in [1.165, 1.54) is 5.56 Å². The molecule has 0 radical (unpaired) electrons. The zero-order valence-corrected chi connectivity index (χ0v) is 17.8. The van der Waals surface area contributed by atoms with Crippen LogP contribution in [0.4, 0.5) is 4.79 Å². The van der Waals surface area contributed by atoms with Gasteiger partial charge in [0.1, 0.15) is 5.75 Å². The van der Waals surface area contributed by atoms with Crippen LogP contribution in [0.3, 0.4) is 0 Å². The van der Waals surface area contributed by atoms with E-state index in [4.69, 9.17) is 4.74 Å². The zero-order valence-electron chi connectivity index (χ0n) is 17.8. The Kier molecular flexibility index (Phi) is 7.65. The molecule has 0 bridgehead atoms. The molecule has 160 valence electrons. The Morgan fingerprint density at radius 3 is 1.94 bits per heavy atom. The number of carbonyl (C=O) groups is 2. The second-order valence-corrected chi connectivity index (χ2v) is 7.25. The summed E-state index contributed by atoms with van der Waals surface area (Å²) >= 11 is 0. The highest BCUT2D eigenvalue weighted by Gasteiger charge is 2.06. The van der Waals surface area contributed by atoms with Gasteiger partial charge in [0.2, 0.25) is 0 Å². The topological polar surface area (TPSA) is 79.5 Å². The van der Waals surface area contributed by atoms with Crippen molar-refractivity contribution in [3.63, 3.8) is 0 Å². The van der Waals surface area contributed by atoms with Crippen molar-refractivity contribution in [2.45, 2.75) is 26.6 Å². The molecule has 0 spiro atoms. The van der Waals surface area contributed by atoms with Gasteiger partial charge >= 0.3 is 6.03 Å². The largest absolute Gasteiger partial charge is 0.497 e. The van der Waals surface area contributed by atoms with Gasteiger partial charge in [-0.1, -0.05) is 54.1 Å². The number of benzene rings is 3. The average Bonchev–Trinajstić information content (AvgIpc) is 2.81. The van der Waals surface area contributed by atoms with E-state index in [1.807, 2.05) is 55.5 Å². The van der Waals surface area contributed by atoms with Gasteiger partial charge in [-0.15, -0.1) is 0 Å². The van der Waals surface area contributed by atoms with Crippen molar-refractivity contribution in [1.82, 2.24) is 16.0 Å². The predicted molar refractivity (Wildman–Crippen MR) is 121 cm³/mol. The van der Waals surface area contributed by atoms with Crippen molar-refractivity contribution in [1.29, 1.82) is 0 Å².